The molecule has 30 heavy (non-hydrogen) atoms. The van der Waals surface area contributed by atoms with Gasteiger partial charge in [0.15, 0.2) is 0 Å². The third kappa shape index (κ3) is 3.22. The van der Waals surface area contributed by atoms with Gasteiger partial charge in [0.25, 0.3) is 0 Å². The van der Waals surface area contributed by atoms with Crippen molar-refractivity contribution in [3.8, 4) is 0 Å². The number of aromatic nitrogens is 2. The van der Waals surface area contributed by atoms with E-state index in [1.165, 1.54) is 16.7 Å². The molecule has 0 saturated carbocycles. The lowest BCUT2D eigenvalue weighted by Crippen LogP contribution is -2.54. The van der Waals surface area contributed by atoms with Crippen molar-refractivity contribution in [1.29, 1.82) is 0 Å². The molecule has 2 saturated heterocycles. The fourth-order valence-electron chi connectivity index (χ4n) is 5.52. The lowest BCUT2D eigenvalue weighted by molar-refractivity contribution is -0.147. The molecule has 1 atom stereocenters. The molecule has 6 nitrogen and oxygen atoms in total. The van der Waals surface area contributed by atoms with E-state index in [0.29, 0.717) is 23.7 Å². The van der Waals surface area contributed by atoms with Gasteiger partial charge in [-0.25, -0.2) is 0 Å². The minimum absolute atomic E-state index is 0.230. The highest BCUT2D eigenvalue weighted by molar-refractivity contribution is 5.86. The second-order valence-corrected chi connectivity index (χ2v) is 9.00. The van der Waals surface area contributed by atoms with Crippen molar-refractivity contribution in [3.63, 3.8) is 0 Å². The van der Waals surface area contributed by atoms with Gasteiger partial charge in [0, 0.05) is 39.0 Å². The van der Waals surface area contributed by atoms with Crippen molar-refractivity contribution in [1.82, 2.24) is 15.1 Å². The summed E-state index contributed by atoms with van der Waals surface area (Å²) < 4.78 is 5.59. The van der Waals surface area contributed by atoms with Crippen molar-refractivity contribution >= 4 is 17.5 Å². The van der Waals surface area contributed by atoms with Crippen LogP contribution < -0.4 is 4.90 Å². The van der Waals surface area contributed by atoms with Gasteiger partial charge in [-0.2, -0.15) is 0 Å². The number of allylic oxidation sites excluding steroid dienone is 1. The Labute approximate surface area is 178 Å². The van der Waals surface area contributed by atoms with E-state index in [1.54, 1.807) is 0 Å². The van der Waals surface area contributed by atoms with Crippen LogP contribution in [0.5, 0.6) is 0 Å². The summed E-state index contributed by atoms with van der Waals surface area (Å²) in [6, 6.07) is 9.27. The van der Waals surface area contributed by atoms with E-state index < -0.39 is 0 Å². The predicted molar refractivity (Wildman–Crippen MR) is 116 cm³/mol. The molecule has 1 unspecified atom stereocenters. The maximum Gasteiger partial charge on any atom is 0.318 e. The molecule has 1 amide bonds. The minimum atomic E-state index is -0.230. The zero-order valence-electron chi connectivity index (χ0n) is 17.9. The molecule has 6 heteroatoms. The van der Waals surface area contributed by atoms with E-state index in [-0.39, 0.29) is 5.41 Å². The van der Waals surface area contributed by atoms with Gasteiger partial charge in [-0.15, -0.1) is 5.10 Å². The van der Waals surface area contributed by atoms with E-state index in [0.717, 1.165) is 58.3 Å². The standard InChI is InChI=1S/C24H30N4O2/c1-3-18-15-19(21-8-5-4-7-20(18)21)16-28-12-6-9-24(22(28)29)10-13-27(14-11-24)23-26-25-17(2)30-23/h4-5,7-8,15,18H,3,6,9-14,16H2,1-2H3. The first-order valence-corrected chi connectivity index (χ1v) is 11.2. The van der Waals surface area contributed by atoms with Crippen LogP contribution in [-0.4, -0.2) is 47.2 Å². The number of anilines is 1. The molecule has 1 aromatic carbocycles. The molecule has 1 aliphatic carbocycles. The fourth-order valence-corrected chi connectivity index (χ4v) is 5.52. The van der Waals surface area contributed by atoms with Gasteiger partial charge in [-0.3, -0.25) is 4.79 Å². The summed E-state index contributed by atoms with van der Waals surface area (Å²) in [6.45, 7) is 7.24. The number of hydrogen-bond acceptors (Lipinski definition) is 5. The van der Waals surface area contributed by atoms with E-state index in [1.807, 2.05) is 6.92 Å². The minimum Gasteiger partial charge on any atom is -0.408 e. The molecule has 0 N–H and O–H groups in total. The van der Waals surface area contributed by atoms with Crippen LogP contribution in [0.25, 0.3) is 5.57 Å². The summed E-state index contributed by atoms with van der Waals surface area (Å²) >= 11 is 0. The quantitative estimate of drug-likeness (QED) is 0.762. The van der Waals surface area contributed by atoms with Crippen LogP contribution >= 0.6 is 0 Å². The van der Waals surface area contributed by atoms with Gasteiger partial charge in [0.1, 0.15) is 0 Å². The molecule has 0 bridgehead atoms. The molecule has 3 heterocycles. The number of nitrogens with zero attached hydrogens (tertiary/aromatic N) is 4. The summed E-state index contributed by atoms with van der Waals surface area (Å²) in [4.78, 5) is 17.9. The highest BCUT2D eigenvalue weighted by atomic mass is 16.4. The topological polar surface area (TPSA) is 62.5 Å². The summed E-state index contributed by atoms with van der Waals surface area (Å²) in [5.41, 5.74) is 3.84. The van der Waals surface area contributed by atoms with Crippen molar-refractivity contribution in [3.05, 3.63) is 47.4 Å². The number of aryl methyl sites for hydroxylation is 1. The summed E-state index contributed by atoms with van der Waals surface area (Å²) in [5.74, 6) is 1.40. The Balaban J connectivity index is 1.30. The van der Waals surface area contributed by atoms with Gasteiger partial charge in [-0.1, -0.05) is 42.4 Å². The highest BCUT2D eigenvalue weighted by Gasteiger charge is 2.46. The first-order valence-electron chi connectivity index (χ1n) is 11.2. The number of benzene rings is 1. The van der Waals surface area contributed by atoms with Crippen LogP contribution in [0.2, 0.25) is 0 Å². The molecule has 2 aromatic rings. The number of amides is 1. The SMILES string of the molecule is CCC1C=C(CN2CCCC3(CCN(c4nnc(C)o4)CC3)C2=O)c2ccccc21. The average Bonchev–Trinajstić information content (AvgIpc) is 3.36. The number of carbonyl (C=O) groups excluding carboxylic acids is 1. The van der Waals surface area contributed by atoms with Crippen LogP contribution in [0.15, 0.2) is 34.8 Å². The monoisotopic (exact) mass is 406 g/mol. The zero-order valence-corrected chi connectivity index (χ0v) is 17.9. The first-order chi connectivity index (χ1) is 14.6. The van der Waals surface area contributed by atoms with Crippen molar-refractivity contribution in [2.24, 2.45) is 5.41 Å². The summed E-state index contributed by atoms with van der Waals surface area (Å²) in [5, 5.41) is 8.09. The van der Waals surface area contributed by atoms with Gasteiger partial charge in [-0.05, 0) is 48.8 Å². The predicted octanol–water partition coefficient (Wildman–Crippen LogP) is 4.18. The normalized spacial score (nSPS) is 23.1. The number of rotatable bonds is 4. The van der Waals surface area contributed by atoms with Gasteiger partial charge >= 0.3 is 6.01 Å². The number of fused-ring (bicyclic) bond motifs is 1. The fraction of sp³-hybridized carbons (Fsp3) is 0.542. The van der Waals surface area contributed by atoms with Gasteiger partial charge in [0.05, 0.1) is 5.41 Å². The average molecular weight is 407 g/mol. The van der Waals surface area contributed by atoms with Crippen molar-refractivity contribution < 1.29 is 9.21 Å². The van der Waals surface area contributed by atoms with E-state index >= 15 is 0 Å². The van der Waals surface area contributed by atoms with E-state index in [9.17, 15) is 4.79 Å². The largest absolute Gasteiger partial charge is 0.408 e. The Kier molecular flexibility index (Phi) is 4.88. The lowest BCUT2D eigenvalue weighted by Gasteiger charge is -2.46. The Morgan fingerprint density at radius 2 is 1.93 bits per heavy atom. The van der Waals surface area contributed by atoms with Gasteiger partial charge < -0.3 is 14.2 Å². The summed E-state index contributed by atoms with van der Waals surface area (Å²) in [7, 11) is 0. The molecule has 0 radical (unpaired) electrons. The molecular weight excluding hydrogens is 376 g/mol. The van der Waals surface area contributed by atoms with E-state index in [4.69, 9.17) is 4.42 Å². The maximum atomic E-state index is 13.6. The Bertz CT molecular complexity index is 971. The molecule has 3 aliphatic rings. The van der Waals surface area contributed by atoms with Crippen LogP contribution in [-0.2, 0) is 4.79 Å². The van der Waals surface area contributed by atoms with Crippen LogP contribution in [0.4, 0.5) is 6.01 Å². The second-order valence-electron chi connectivity index (χ2n) is 9.00. The first kappa shape index (κ1) is 19.3. The molecule has 158 valence electrons. The highest BCUT2D eigenvalue weighted by Crippen LogP contribution is 2.43. The van der Waals surface area contributed by atoms with Crippen molar-refractivity contribution in [2.75, 3.05) is 31.1 Å². The van der Waals surface area contributed by atoms with E-state index in [2.05, 4.69) is 57.3 Å². The zero-order chi connectivity index (χ0) is 20.7. The smallest absolute Gasteiger partial charge is 0.318 e. The number of likely N-dealkylation sites (tertiary alicyclic amines) is 1. The van der Waals surface area contributed by atoms with Crippen LogP contribution in [0.1, 0.15) is 62.0 Å². The van der Waals surface area contributed by atoms with Crippen molar-refractivity contribution in [2.45, 2.75) is 51.9 Å². The number of piperidine rings is 2. The molecule has 1 spiro atoms. The molecule has 2 fully saturated rings. The Hall–Kier alpha value is -2.63. The van der Waals surface area contributed by atoms with Crippen LogP contribution in [0.3, 0.4) is 0 Å². The molecule has 2 aliphatic heterocycles. The third-order valence-corrected chi connectivity index (χ3v) is 7.24. The maximum absolute atomic E-state index is 13.6. The molecule has 5 rings (SSSR count). The Morgan fingerprint density at radius 3 is 2.67 bits per heavy atom. The lowest BCUT2D eigenvalue weighted by atomic mass is 9.71. The van der Waals surface area contributed by atoms with Crippen LogP contribution in [0, 0.1) is 12.3 Å². The molecule has 1 aromatic heterocycles. The number of carbonyl (C=O) groups is 1. The third-order valence-electron chi connectivity index (χ3n) is 7.24. The second kappa shape index (κ2) is 7.56. The Morgan fingerprint density at radius 1 is 1.13 bits per heavy atom. The molecular formula is C24H30N4O2. The number of hydrogen-bond donors (Lipinski definition) is 0. The summed E-state index contributed by atoms with van der Waals surface area (Å²) in [6.07, 6.45) is 7.28. The van der Waals surface area contributed by atoms with Gasteiger partial charge in [0.2, 0.25) is 11.8 Å².